The molecule has 12 heteroatoms. The highest BCUT2D eigenvalue weighted by Crippen LogP contribution is 2.49. The number of carbonyl (C=O) groups is 2. The number of esters is 1. The standard InChI is InChI=1S/C35H52ClN3O8/c1-20(2)39(8)23(5)32(40)46-28-14-15-38(7)25-17-24(18-26(43-9)30(25)36)16-21(3)12-11-13-29(44-10)35(42)19-27(45-33(41)37-35)22(4)31-34(28,6)47-31/h11-13,17-18,20,22-23,27-29,31,42H,14-16,19H2,1-10H3,(H,37,41)/b13-11+,21-12+/t22-,23+,27+,28+,29-,31+,34+,35+/m1/s1. The molecule has 3 aliphatic heterocycles. The van der Waals surface area contributed by atoms with E-state index in [4.69, 9.17) is 35.3 Å². The van der Waals surface area contributed by atoms with Crippen LogP contribution in [0.2, 0.25) is 5.02 Å². The quantitative estimate of drug-likeness (QED) is 0.319. The van der Waals surface area contributed by atoms with Crippen LogP contribution in [0.15, 0.2) is 35.9 Å². The number of nitrogens with one attached hydrogen (secondary N) is 1. The molecule has 0 radical (unpaired) electrons. The normalized spacial score (nSPS) is 34.0. The fraction of sp³-hybridized carbons (Fsp3) is 0.657. The second kappa shape index (κ2) is 14.7. The van der Waals surface area contributed by atoms with Gasteiger partial charge in [-0.25, -0.2) is 4.79 Å². The van der Waals surface area contributed by atoms with Crippen molar-refractivity contribution in [3.05, 3.63) is 46.5 Å². The van der Waals surface area contributed by atoms with Crippen molar-refractivity contribution < 1.29 is 38.4 Å². The molecule has 0 saturated carbocycles. The second-order valence-corrected chi connectivity index (χ2v) is 14.1. The molecule has 0 unspecified atom stereocenters. The van der Waals surface area contributed by atoms with Gasteiger partial charge in [0.1, 0.15) is 40.7 Å². The number of likely N-dealkylation sites (N-methyl/N-ethyl adjacent to an activating group) is 1. The lowest BCUT2D eigenvalue weighted by molar-refractivity contribution is -0.158. The number of rotatable bonds is 6. The fourth-order valence-electron chi connectivity index (χ4n) is 6.59. The Bertz CT molecular complexity index is 1370. The predicted octanol–water partition coefficient (Wildman–Crippen LogP) is 4.87. The second-order valence-electron chi connectivity index (χ2n) is 13.7. The summed E-state index contributed by atoms with van der Waals surface area (Å²) in [5.41, 5.74) is 0.239. The van der Waals surface area contributed by atoms with Gasteiger partial charge in [0.05, 0.1) is 18.9 Å². The lowest BCUT2D eigenvalue weighted by Crippen LogP contribution is -2.63. The number of benzene rings is 1. The number of nitrogens with zero attached hydrogens (tertiary/aromatic N) is 2. The number of alkyl carbamates (subject to hydrolysis) is 1. The molecule has 2 saturated heterocycles. The predicted molar refractivity (Wildman–Crippen MR) is 181 cm³/mol. The van der Waals surface area contributed by atoms with Crippen molar-refractivity contribution in [1.82, 2.24) is 10.2 Å². The third-order valence-electron chi connectivity index (χ3n) is 10.0. The fourth-order valence-corrected chi connectivity index (χ4v) is 6.92. The van der Waals surface area contributed by atoms with E-state index in [1.54, 1.807) is 13.2 Å². The average molecular weight is 678 g/mol. The third-order valence-corrected chi connectivity index (χ3v) is 10.4. The minimum absolute atomic E-state index is 0.0644. The van der Waals surface area contributed by atoms with Crippen molar-refractivity contribution >= 4 is 29.4 Å². The molecule has 2 fully saturated rings. The molecule has 0 aliphatic carbocycles. The summed E-state index contributed by atoms with van der Waals surface area (Å²) in [6.07, 6.45) is 3.25. The van der Waals surface area contributed by atoms with Crippen LogP contribution in [0.4, 0.5) is 10.5 Å². The van der Waals surface area contributed by atoms with Crippen LogP contribution in [0.3, 0.4) is 0 Å². The highest BCUT2D eigenvalue weighted by molar-refractivity contribution is 6.34. The molecule has 0 spiro atoms. The number of carbonyl (C=O) groups excluding carboxylic acids is 2. The largest absolute Gasteiger partial charge is 0.495 e. The molecule has 0 aromatic heterocycles. The van der Waals surface area contributed by atoms with Gasteiger partial charge in [-0.15, -0.1) is 0 Å². The Kier molecular flexibility index (Phi) is 11.6. The molecule has 1 aromatic rings. The van der Waals surface area contributed by atoms with Crippen LogP contribution in [-0.4, -0.2) is 105 Å². The minimum Gasteiger partial charge on any atom is -0.495 e. The Morgan fingerprint density at radius 3 is 2.60 bits per heavy atom. The molecule has 1 aromatic carbocycles. The maximum atomic E-state index is 13.5. The molecule has 4 bridgehead atoms. The Morgan fingerprint density at radius 1 is 1.26 bits per heavy atom. The number of ether oxygens (including phenoxy) is 5. The van der Waals surface area contributed by atoms with E-state index in [2.05, 4.69) is 5.32 Å². The van der Waals surface area contributed by atoms with E-state index in [9.17, 15) is 14.7 Å². The number of anilines is 1. The van der Waals surface area contributed by atoms with Gasteiger partial charge in [-0.1, -0.05) is 42.3 Å². The number of halogens is 1. The van der Waals surface area contributed by atoms with E-state index in [0.29, 0.717) is 30.2 Å². The highest BCUT2D eigenvalue weighted by Gasteiger charge is 2.64. The van der Waals surface area contributed by atoms with Crippen molar-refractivity contribution in [1.29, 1.82) is 0 Å². The summed E-state index contributed by atoms with van der Waals surface area (Å²) in [6, 6.07) is 3.62. The summed E-state index contributed by atoms with van der Waals surface area (Å²) < 4.78 is 29.6. The molecule has 4 rings (SSSR count). The molecule has 262 valence electrons. The molecule has 47 heavy (non-hydrogen) atoms. The number of allylic oxidation sites excluding steroid dienone is 3. The number of aliphatic hydroxyl groups is 1. The number of hydrogen-bond acceptors (Lipinski definition) is 10. The van der Waals surface area contributed by atoms with Gasteiger partial charge in [0.15, 0.2) is 5.72 Å². The Morgan fingerprint density at radius 2 is 1.96 bits per heavy atom. The van der Waals surface area contributed by atoms with Crippen LogP contribution in [0.5, 0.6) is 5.75 Å². The van der Waals surface area contributed by atoms with Gasteiger partial charge in [-0.2, -0.15) is 0 Å². The first kappa shape index (κ1) is 37.0. The number of hydrogen-bond donors (Lipinski definition) is 2. The smallest absolute Gasteiger partial charge is 0.409 e. The maximum Gasteiger partial charge on any atom is 0.409 e. The van der Waals surface area contributed by atoms with Crippen LogP contribution in [0.1, 0.15) is 59.9 Å². The minimum atomic E-state index is -1.72. The summed E-state index contributed by atoms with van der Waals surface area (Å²) in [6.45, 7) is 12.2. The Hall–Kier alpha value is -2.83. The van der Waals surface area contributed by atoms with E-state index in [0.717, 1.165) is 16.8 Å². The van der Waals surface area contributed by atoms with Gasteiger partial charge < -0.3 is 33.7 Å². The van der Waals surface area contributed by atoms with E-state index in [1.807, 2.05) is 89.7 Å². The van der Waals surface area contributed by atoms with Gasteiger partial charge in [0, 0.05) is 45.5 Å². The molecule has 2 N–H and O–H groups in total. The van der Waals surface area contributed by atoms with E-state index >= 15 is 0 Å². The molecular formula is C35H52ClN3O8. The van der Waals surface area contributed by atoms with Crippen LogP contribution < -0.4 is 15.0 Å². The Balaban J connectivity index is 1.75. The molecular weight excluding hydrogens is 626 g/mol. The third kappa shape index (κ3) is 8.08. The summed E-state index contributed by atoms with van der Waals surface area (Å²) in [5.74, 6) is -0.130. The zero-order chi connectivity index (χ0) is 34.8. The van der Waals surface area contributed by atoms with Crippen LogP contribution in [0.25, 0.3) is 0 Å². The van der Waals surface area contributed by atoms with Gasteiger partial charge in [-0.05, 0) is 65.8 Å². The van der Waals surface area contributed by atoms with Crippen LogP contribution in [0, 0.1) is 5.92 Å². The summed E-state index contributed by atoms with van der Waals surface area (Å²) in [7, 11) is 6.91. The van der Waals surface area contributed by atoms with E-state index in [-0.39, 0.29) is 24.3 Å². The first-order chi connectivity index (χ1) is 22.0. The monoisotopic (exact) mass is 677 g/mol. The van der Waals surface area contributed by atoms with Gasteiger partial charge >= 0.3 is 12.1 Å². The molecule has 8 atom stereocenters. The number of epoxide rings is 1. The zero-order valence-electron chi connectivity index (χ0n) is 29.3. The van der Waals surface area contributed by atoms with Crippen molar-refractivity contribution in [3.8, 4) is 5.75 Å². The molecule has 11 nitrogen and oxygen atoms in total. The number of amides is 1. The SMILES string of the molecule is COc1cc2cc(c1Cl)N(C)CC[C@H](OC(=O)[C@H](C)N(C)C(C)C)[C@]1(C)O[C@H]1[C@H](C)[C@@H]1C[C@@](O)(NC(=O)O1)[C@H](OC)/C=C/C=C(\C)C2. The van der Waals surface area contributed by atoms with Gasteiger partial charge in [-0.3, -0.25) is 15.0 Å². The van der Waals surface area contributed by atoms with Gasteiger partial charge in [0.2, 0.25) is 0 Å². The Labute approximate surface area is 284 Å². The topological polar surface area (TPSA) is 122 Å². The molecule has 1 amide bonds. The summed E-state index contributed by atoms with van der Waals surface area (Å²) in [4.78, 5) is 30.3. The number of methoxy groups -OCH3 is 2. The van der Waals surface area contributed by atoms with Gasteiger partial charge in [0.25, 0.3) is 0 Å². The van der Waals surface area contributed by atoms with Crippen LogP contribution in [-0.2, 0) is 30.2 Å². The first-order valence-electron chi connectivity index (χ1n) is 16.3. The summed E-state index contributed by atoms with van der Waals surface area (Å²) >= 11 is 6.83. The van der Waals surface area contributed by atoms with E-state index in [1.165, 1.54) is 7.11 Å². The van der Waals surface area contributed by atoms with Crippen LogP contribution >= 0.6 is 11.6 Å². The number of fused-ring (bicyclic) bond motifs is 5. The lowest BCUT2D eigenvalue weighted by atomic mass is 9.83. The first-order valence-corrected chi connectivity index (χ1v) is 16.7. The van der Waals surface area contributed by atoms with Crippen molar-refractivity contribution in [2.45, 2.75) is 109 Å². The molecule has 3 heterocycles. The maximum absolute atomic E-state index is 13.5. The van der Waals surface area contributed by atoms with Crippen molar-refractivity contribution in [3.63, 3.8) is 0 Å². The highest BCUT2D eigenvalue weighted by atomic mass is 35.5. The lowest BCUT2D eigenvalue weighted by Gasteiger charge is -2.42. The molecule has 3 aliphatic rings. The zero-order valence-corrected chi connectivity index (χ0v) is 30.1. The van der Waals surface area contributed by atoms with Crippen molar-refractivity contribution in [2.75, 3.05) is 39.8 Å². The summed E-state index contributed by atoms with van der Waals surface area (Å²) in [5, 5.41) is 14.7. The van der Waals surface area contributed by atoms with E-state index < -0.39 is 47.9 Å². The van der Waals surface area contributed by atoms with Crippen molar-refractivity contribution in [2.24, 2.45) is 5.92 Å². The average Bonchev–Trinajstić information content (AvgIpc) is 3.71.